The third kappa shape index (κ3) is 2.85. The van der Waals surface area contributed by atoms with Crippen molar-refractivity contribution in [2.75, 3.05) is 0 Å². The largest absolute Gasteiger partial charge is 0.363 e. The highest BCUT2D eigenvalue weighted by Crippen LogP contribution is 2.14. The molecule has 0 aliphatic heterocycles. The number of nitrogens with two attached hydrogens (primary N) is 1. The number of aromatic nitrogens is 3. The molecule has 5 heteroatoms. The molecule has 0 saturated heterocycles. The molecule has 0 unspecified atom stereocenters. The summed E-state index contributed by atoms with van der Waals surface area (Å²) in [5, 5.41) is 3.93. The molecular formula is C8H14N4O. The van der Waals surface area contributed by atoms with E-state index in [-0.39, 0.29) is 11.2 Å². The van der Waals surface area contributed by atoms with Gasteiger partial charge in [-0.2, -0.15) is 0 Å². The SMILES string of the molecule is CC(C)(C)Cn1cnc(C(N)=O)n1. The van der Waals surface area contributed by atoms with Crippen molar-refractivity contribution in [3.8, 4) is 0 Å². The van der Waals surface area contributed by atoms with Crippen LogP contribution in [-0.2, 0) is 6.54 Å². The Balaban J connectivity index is 2.75. The molecule has 1 rings (SSSR count). The molecule has 0 atom stereocenters. The summed E-state index contributed by atoms with van der Waals surface area (Å²) in [5.41, 5.74) is 5.13. The van der Waals surface area contributed by atoms with Crippen molar-refractivity contribution in [2.45, 2.75) is 27.3 Å². The van der Waals surface area contributed by atoms with Gasteiger partial charge in [0.05, 0.1) is 0 Å². The molecule has 2 N–H and O–H groups in total. The van der Waals surface area contributed by atoms with Gasteiger partial charge in [-0.25, -0.2) is 4.98 Å². The molecule has 0 saturated carbocycles. The van der Waals surface area contributed by atoms with Gasteiger partial charge < -0.3 is 5.73 Å². The van der Waals surface area contributed by atoms with E-state index in [4.69, 9.17) is 5.73 Å². The molecule has 0 aromatic carbocycles. The lowest BCUT2D eigenvalue weighted by atomic mass is 9.97. The fraction of sp³-hybridized carbons (Fsp3) is 0.625. The van der Waals surface area contributed by atoms with E-state index in [1.54, 1.807) is 4.68 Å². The Morgan fingerprint density at radius 3 is 2.62 bits per heavy atom. The van der Waals surface area contributed by atoms with Gasteiger partial charge in [0.15, 0.2) is 0 Å². The molecule has 5 nitrogen and oxygen atoms in total. The zero-order chi connectivity index (χ0) is 10.1. The summed E-state index contributed by atoms with van der Waals surface area (Å²) in [5.74, 6) is -0.517. The molecule has 0 spiro atoms. The maximum absolute atomic E-state index is 10.7. The van der Waals surface area contributed by atoms with Gasteiger partial charge in [-0.05, 0) is 5.41 Å². The van der Waals surface area contributed by atoms with Crippen molar-refractivity contribution in [1.82, 2.24) is 14.8 Å². The summed E-state index contributed by atoms with van der Waals surface area (Å²) in [6.45, 7) is 6.96. The van der Waals surface area contributed by atoms with Crippen LogP contribution in [0.5, 0.6) is 0 Å². The van der Waals surface area contributed by atoms with Crippen molar-refractivity contribution in [3.05, 3.63) is 12.2 Å². The summed E-state index contributed by atoms with van der Waals surface area (Å²) in [7, 11) is 0. The van der Waals surface area contributed by atoms with E-state index in [0.717, 1.165) is 0 Å². The van der Waals surface area contributed by atoms with Gasteiger partial charge in [-0.15, -0.1) is 5.10 Å². The Bertz CT molecular complexity index is 310. The van der Waals surface area contributed by atoms with Crippen LogP contribution in [-0.4, -0.2) is 20.7 Å². The number of rotatable bonds is 2. The first kappa shape index (κ1) is 9.70. The van der Waals surface area contributed by atoms with E-state index in [0.29, 0.717) is 6.54 Å². The Labute approximate surface area is 76.9 Å². The van der Waals surface area contributed by atoms with Gasteiger partial charge >= 0.3 is 0 Å². The van der Waals surface area contributed by atoms with Crippen molar-refractivity contribution in [2.24, 2.45) is 11.1 Å². The Morgan fingerprint density at radius 2 is 2.23 bits per heavy atom. The number of nitrogens with zero attached hydrogens (tertiary/aromatic N) is 3. The molecule has 0 aliphatic rings. The van der Waals surface area contributed by atoms with Crippen LogP contribution in [0, 0.1) is 5.41 Å². The summed E-state index contributed by atoms with van der Waals surface area (Å²) < 4.78 is 1.63. The summed E-state index contributed by atoms with van der Waals surface area (Å²) in [4.78, 5) is 14.4. The third-order valence-electron chi connectivity index (χ3n) is 1.39. The monoisotopic (exact) mass is 182 g/mol. The van der Waals surface area contributed by atoms with E-state index in [1.165, 1.54) is 6.33 Å². The highest BCUT2D eigenvalue weighted by molar-refractivity contribution is 5.88. The number of primary amides is 1. The predicted molar refractivity (Wildman–Crippen MR) is 48.0 cm³/mol. The average Bonchev–Trinajstić information content (AvgIpc) is 2.31. The molecule has 1 heterocycles. The first-order valence-corrected chi connectivity index (χ1v) is 4.08. The highest BCUT2D eigenvalue weighted by atomic mass is 16.1. The summed E-state index contributed by atoms with van der Waals surface area (Å²) in [6.07, 6.45) is 1.52. The maximum atomic E-state index is 10.7. The molecule has 0 radical (unpaired) electrons. The first-order chi connectivity index (χ1) is 5.88. The van der Waals surface area contributed by atoms with Crippen LogP contribution < -0.4 is 5.73 Å². The van der Waals surface area contributed by atoms with Crippen LogP contribution in [0.25, 0.3) is 0 Å². The molecular weight excluding hydrogens is 168 g/mol. The van der Waals surface area contributed by atoms with E-state index >= 15 is 0 Å². The Morgan fingerprint density at radius 1 is 1.62 bits per heavy atom. The Kier molecular flexibility index (Phi) is 2.36. The van der Waals surface area contributed by atoms with E-state index in [1.807, 2.05) is 0 Å². The predicted octanol–water partition coefficient (Wildman–Crippen LogP) is 0.423. The van der Waals surface area contributed by atoms with Crippen molar-refractivity contribution in [3.63, 3.8) is 0 Å². The minimum atomic E-state index is -0.590. The standard InChI is InChI=1S/C8H14N4O/c1-8(2,3)4-12-5-10-7(11-12)6(9)13/h5H,4H2,1-3H3,(H2,9,13). The molecule has 13 heavy (non-hydrogen) atoms. The second-order valence-electron chi connectivity index (χ2n) is 4.19. The summed E-state index contributed by atoms with van der Waals surface area (Å²) in [6, 6.07) is 0. The number of carbonyl (C=O) groups is 1. The Hall–Kier alpha value is -1.39. The van der Waals surface area contributed by atoms with Crippen LogP contribution in [0.2, 0.25) is 0 Å². The van der Waals surface area contributed by atoms with Gasteiger partial charge in [-0.1, -0.05) is 20.8 Å². The third-order valence-corrected chi connectivity index (χ3v) is 1.39. The second-order valence-corrected chi connectivity index (χ2v) is 4.19. The zero-order valence-corrected chi connectivity index (χ0v) is 8.11. The molecule has 0 fully saturated rings. The smallest absolute Gasteiger partial charge is 0.288 e. The van der Waals surface area contributed by atoms with Gasteiger partial charge in [0.2, 0.25) is 5.82 Å². The molecule has 1 aromatic rings. The number of amides is 1. The zero-order valence-electron chi connectivity index (χ0n) is 8.11. The van der Waals surface area contributed by atoms with E-state index in [9.17, 15) is 4.79 Å². The molecule has 0 aliphatic carbocycles. The molecule has 1 aromatic heterocycles. The maximum Gasteiger partial charge on any atom is 0.288 e. The quantitative estimate of drug-likeness (QED) is 0.720. The van der Waals surface area contributed by atoms with E-state index < -0.39 is 5.91 Å². The average molecular weight is 182 g/mol. The van der Waals surface area contributed by atoms with Crippen molar-refractivity contribution in [1.29, 1.82) is 0 Å². The van der Waals surface area contributed by atoms with Crippen LogP contribution in [0.3, 0.4) is 0 Å². The lowest BCUT2D eigenvalue weighted by Crippen LogP contribution is -2.18. The van der Waals surface area contributed by atoms with Crippen LogP contribution in [0.15, 0.2) is 6.33 Å². The van der Waals surface area contributed by atoms with Crippen molar-refractivity contribution >= 4 is 5.91 Å². The highest BCUT2D eigenvalue weighted by Gasteiger charge is 2.13. The van der Waals surface area contributed by atoms with Gasteiger partial charge in [-0.3, -0.25) is 9.48 Å². The van der Waals surface area contributed by atoms with Crippen LogP contribution >= 0.6 is 0 Å². The normalized spacial score (nSPS) is 11.6. The van der Waals surface area contributed by atoms with Crippen LogP contribution in [0.4, 0.5) is 0 Å². The number of carbonyl (C=O) groups excluding carboxylic acids is 1. The van der Waals surface area contributed by atoms with E-state index in [2.05, 4.69) is 30.9 Å². The van der Waals surface area contributed by atoms with Gasteiger partial charge in [0.1, 0.15) is 6.33 Å². The summed E-state index contributed by atoms with van der Waals surface area (Å²) >= 11 is 0. The first-order valence-electron chi connectivity index (χ1n) is 4.08. The fourth-order valence-corrected chi connectivity index (χ4v) is 0.970. The van der Waals surface area contributed by atoms with Crippen molar-refractivity contribution < 1.29 is 4.79 Å². The molecule has 0 bridgehead atoms. The second kappa shape index (κ2) is 3.16. The lowest BCUT2D eigenvalue weighted by Gasteiger charge is -2.16. The minimum absolute atomic E-state index is 0.0734. The van der Waals surface area contributed by atoms with Gasteiger partial charge in [0, 0.05) is 6.54 Å². The lowest BCUT2D eigenvalue weighted by molar-refractivity contribution is 0.0989. The van der Waals surface area contributed by atoms with Gasteiger partial charge in [0.25, 0.3) is 5.91 Å². The number of hydrogen-bond acceptors (Lipinski definition) is 3. The molecule has 72 valence electrons. The molecule has 1 amide bonds. The number of hydrogen-bond donors (Lipinski definition) is 1. The fourth-order valence-electron chi connectivity index (χ4n) is 0.970. The van der Waals surface area contributed by atoms with Crippen LogP contribution in [0.1, 0.15) is 31.4 Å². The minimum Gasteiger partial charge on any atom is -0.363 e. The topological polar surface area (TPSA) is 73.8 Å².